The molecule has 1 aromatic rings. The van der Waals surface area contributed by atoms with Crippen molar-refractivity contribution < 1.29 is 10.2 Å². The Morgan fingerprint density at radius 3 is 1.91 bits per heavy atom. The second kappa shape index (κ2) is 11.4. The molecule has 2 nitrogen and oxygen atoms in total. The zero-order valence-electron chi connectivity index (χ0n) is 15.4. The molecule has 0 spiro atoms. The minimum absolute atomic E-state index is 0.212. The smallest absolute Gasteiger partial charge is 0.122 e. The number of phenols is 2. The third kappa shape index (κ3) is 7.28. The highest BCUT2D eigenvalue weighted by Crippen LogP contribution is 2.34. The highest BCUT2D eigenvalue weighted by atomic mass is 16.3. The Labute approximate surface area is 142 Å². The summed E-state index contributed by atoms with van der Waals surface area (Å²) in [5.41, 5.74) is 1.91. The zero-order chi connectivity index (χ0) is 17.1. The van der Waals surface area contributed by atoms with Crippen molar-refractivity contribution in [3.05, 3.63) is 23.3 Å². The van der Waals surface area contributed by atoms with Gasteiger partial charge in [-0.1, -0.05) is 78.6 Å². The number of unbranched alkanes of at least 4 members (excludes halogenated alkanes) is 8. The van der Waals surface area contributed by atoms with Crippen LogP contribution in [0.4, 0.5) is 0 Å². The first-order valence-electron chi connectivity index (χ1n) is 9.64. The topological polar surface area (TPSA) is 40.5 Å². The van der Waals surface area contributed by atoms with E-state index in [2.05, 4.69) is 13.8 Å². The fraction of sp³-hybridized carbons (Fsp3) is 0.714. The average molecular weight is 321 g/mol. The molecule has 0 bridgehead atoms. The molecule has 1 rings (SSSR count). The van der Waals surface area contributed by atoms with Crippen LogP contribution in [0.15, 0.2) is 12.1 Å². The third-order valence-electron chi connectivity index (χ3n) is 4.88. The Kier molecular flexibility index (Phi) is 9.82. The van der Waals surface area contributed by atoms with Crippen molar-refractivity contribution in [1.82, 2.24) is 0 Å². The molecule has 0 aliphatic heterocycles. The van der Waals surface area contributed by atoms with Gasteiger partial charge in [0.25, 0.3) is 0 Å². The fourth-order valence-electron chi connectivity index (χ4n) is 3.24. The maximum Gasteiger partial charge on any atom is 0.122 e. The van der Waals surface area contributed by atoms with E-state index in [0.29, 0.717) is 5.92 Å². The van der Waals surface area contributed by atoms with E-state index in [1.54, 1.807) is 0 Å². The molecule has 2 heteroatoms. The Bertz CT molecular complexity index is 440. The van der Waals surface area contributed by atoms with Gasteiger partial charge in [-0.15, -0.1) is 0 Å². The van der Waals surface area contributed by atoms with Crippen LogP contribution in [0, 0.1) is 0 Å². The Hall–Kier alpha value is -1.18. The largest absolute Gasteiger partial charge is 0.508 e. The second-order valence-electron chi connectivity index (χ2n) is 6.91. The lowest BCUT2D eigenvalue weighted by Gasteiger charge is -2.15. The lowest BCUT2D eigenvalue weighted by atomic mass is 9.92. The molecule has 0 heterocycles. The van der Waals surface area contributed by atoms with Gasteiger partial charge in [-0.3, -0.25) is 0 Å². The molecule has 0 aliphatic rings. The van der Waals surface area contributed by atoms with Gasteiger partial charge in [0, 0.05) is 6.07 Å². The van der Waals surface area contributed by atoms with Gasteiger partial charge >= 0.3 is 0 Å². The van der Waals surface area contributed by atoms with E-state index in [-0.39, 0.29) is 11.5 Å². The van der Waals surface area contributed by atoms with Crippen molar-refractivity contribution in [3.8, 4) is 11.5 Å². The Balaban J connectivity index is 2.25. The van der Waals surface area contributed by atoms with Crippen molar-refractivity contribution in [2.75, 3.05) is 0 Å². The standard InChI is InChI=1S/C21H36O2/c1-4-6-7-8-9-10-11-12-13-14-17(3)19-15-18(5-2)20(22)16-21(19)23/h15-17,22-23H,4-14H2,1-3H3. The van der Waals surface area contributed by atoms with Gasteiger partial charge < -0.3 is 10.2 Å². The molecule has 1 atom stereocenters. The summed E-state index contributed by atoms with van der Waals surface area (Å²) < 4.78 is 0. The summed E-state index contributed by atoms with van der Waals surface area (Å²) in [5, 5.41) is 19.9. The quantitative estimate of drug-likeness (QED) is 0.421. The van der Waals surface area contributed by atoms with Gasteiger partial charge in [0.15, 0.2) is 0 Å². The van der Waals surface area contributed by atoms with E-state index < -0.39 is 0 Å². The van der Waals surface area contributed by atoms with Crippen LogP contribution >= 0.6 is 0 Å². The van der Waals surface area contributed by atoms with Crippen LogP contribution in [0.2, 0.25) is 0 Å². The third-order valence-corrected chi connectivity index (χ3v) is 4.88. The molecule has 0 saturated heterocycles. The normalized spacial score (nSPS) is 12.5. The molecule has 0 fully saturated rings. The molecule has 132 valence electrons. The van der Waals surface area contributed by atoms with Gasteiger partial charge in [-0.25, -0.2) is 0 Å². The summed E-state index contributed by atoms with van der Waals surface area (Å²) in [6.07, 6.45) is 14.0. The number of phenolic OH excluding ortho intramolecular Hbond substituents is 2. The first kappa shape index (κ1) is 19.9. The SMILES string of the molecule is CCCCCCCCCCCC(C)c1cc(CC)c(O)cc1O. The lowest BCUT2D eigenvalue weighted by Crippen LogP contribution is -1.97. The van der Waals surface area contributed by atoms with Gasteiger partial charge in [0.05, 0.1) is 0 Å². The maximum atomic E-state index is 10.1. The summed E-state index contributed by atoms with van der Waals surface area (Å²) in [7, 11) is 0. The van der Waals surface area contributed by atoms with Crippen LogP contribution in [-0.4, -0.2) is 10.2 Å². The van der Waals surface area contributed by atoms with Crippen molar-refractivity contribution in [3.63, 3.8) is 0 Å². The number of benzene rings is 1. The number of hydrogen-bond acceptors (Lipinski definition) is 2. The van der Waals surface area contributed by atoms with Gasteiger partial charge in [0.2, 0.25) is 0 Å². The first-order chi connectivity index (χ1) is 11.1. The summed E-state index contributed by atoms with van der Waals surface area (Å²) in [6.45, 7) is 6.47. The highest BCUT2D eigenvalue weighted by Gasteiger charge is 2.13. The predicted molar refractivity (Wildman–Crippen MR) is 99.4 cm³/mol. The first-order valence-corrected chi connectivity index (χ1v) is 9.64. The second-order valence-corrected chi connectivity index (χ2v) is 6.91. The van der Waals surface area contributed by atoms with Crippen LogP contribution in [0.25, 0.3) is 0 Å². The van der Waals surface area contributed by atoms with Gasteiger partial charge in [-0.05, 0) is 36.0 Å². The predicted octanol–water partition coefficient (Wildman–Crippen LogP) is 6.68. The van der Waals surface area contributed by atoms with Crippen molar-refractivity contribution in [2.45, 2.75) is 97.3 Å². The van der Waals surface area contributed by atoms with E-state index in [1.165, 1.54) is 63.9 Å². The minimum Gasteiger partial charge on any atom is -0.508 e. The molecule has 0 saturated carbocycles. The summed E-state index contributed by atoms with van der Waals surface area (Å²) in [5.74, 6) is 0.803. The minimum atomic E-state index is 0.212. The van der Waals surface area contributed by atoms with E-state index in [4.69, 9.17) is 0 Å². The molecule has 0 aliphatic carbocycles. The van der Waals surface area contributed by atoms with Crippen LogP contribution in [0.1, 0.15) is 102 Å². The van der Waals surface area contributed by atoms with Crippen molar-refractivity contribution in [1.29, 1.82) is 0 Å². The number of aromatic hydroxyl groups is 2. The van der Waals surface area contributed by atoms with E-state index in [9.17, 15) is 10.2 Å². The summed E-state index contributed by atoms with van der Waals surface area (Å²) >= 11 is 0. The van der Waals surface area contributed by atoms with E-state index >= 15 is 0 Å². The lowest BCUT2D eigenvalue weighted by molar-refractivity contribution is 0.436. The number of aryl methyl sites for hydroxylation is 1. The highest BCUT2D eigenvalue weighted by molar-refractivity contribution is 5.46. The van der Waals surface area contributed by atoms with Crippen LogP contribution in [0.5, 0.6) is 11.5 Å². The molecule has 0 aromatic heterocycles. The zero-order valence-corrected chi connectivity index (χ0v) is 15.4. The fourth-order valence-corrected chi connectivity index (χ4v) is 3.24. The Morgan fingerprint density at radius 2 is 1.35 bits per heavy atom. The van der Waals surface area contributed by atoms with Crippen LogP contribution < -0.4 is 0 Å². The van der Waals surface area contributed by atoms with Crippen molar-refractivity contribution >= 4 is 0 Å². The monoisotopic (exact) mass is 320 g/mol. The number of rotatable bonds is 12. The number of hydrogen-bond donors (Lipinski definition) is 2. The maximum absolute atomic E-state index is 10.1. The Morgan fingerprint density at radius 1 is 0.783 bits per heavy atom. The van der Waals surface area contributed by atoms with Gasteiger partial charge in [-0.2, -0.15) is 0 Å². The van der Waals surface area contributed by atoms with Crippen molar-refractivity contribution in [2.24, 2.45) is 0 Å². The molecule has 0 amide bonds. The van der Waals surface area contributed by atoms with E-state index in [1.807, 2.05) is 13.0 Å². The van der Waals surface area contributed by atoms with Crippen LogP contribution in [-0.2, 0) is 6.42 Å². The molecule has 23 heavy (non-hydrogen) atoms. The van der Waals surface area contributed by atoms with Crippen LogP contribution in [0.3, 0.4) is 0 Å². The van der Waals surface area contributed by atoms with Gasteiger partial charge in [0.1, 0.15) is 11.5 Å². The summed E-state index contributed by atoms with van der Waals surface area (Å²) in [6, 6.07) is 3.48. The molecule has 1 unspecified atom stereocenters. The molecule has 2 N–H and O–H groups in total. The average Bonchev–Trinajstić information content (AvgIpc) is 2.53. The molecular weight excluding hydrogens is 284 g/mol. The molecule has 0 radical (unpaired) electrons. The van der Waals surface area contributed by atoms with E-state index in [0.717, 1.165) is 24.0 Å². The molecular formula is C21H36O2. The molecule has 1 aromatic carbocycles. The summed E-state index contributed by atoms with van der Waals surface area (Å²) in [4.78, 5) is 0.